The van der Waals surface area contributed by atoms with Crippen LogP contribution < -0.4 is 5.32 Å². The van der Waals surface area contributed by atoms with Crippen LogP contribution in [0.25, 0.3) is 11.6 Å². The van der Waals surface area contributed by atoms with Gasteiger partial charge in [-0.2, -0.15) is 0 Å². The maximum absolute atomic E-state index is 4.69. The van der Waals surface area contributed by atoms with E-state index in [4.69, 9.17) is 4.98 Å². The summed E-state index contributed by atoms with van der Waals surface area (Å²) in [6.07, 6.45) is 8.25. The Kier molecular flexibility index (Phi) is 2.74. The van der Waals surface area contributed by atoms with Gasteiger partial charge in [0.2, 0.25) is 0 Å². The molecule has 0 saturated heterocycles. The molecule has 5 nitrogen and oxygen atoms in total. The minimum absolute atomic E-state index is 0.715. The molecule has 3 rings (SSSR count). The third-order valence-corrected chi connectivity index (χ3v) is 3.44. The SMILES string of the molecule is CNc1nc(-c2nccn2C)nc2c1CCCC2. The zero-order chi connectivity index (χ0) is 12.5. The van der Waals surface area contributed by atoms with Crippen molar-refractivity contribution in [3.63, 3.8) is 0 Å². The number of nitrogens with zero attached hydrogens (tertiary/aromatic N) is 4. The highest BCUT2D eigenvalue weighted by molar-refractivity contribution is 5.55. The molecule has 0 atom stereocenters. The Hall–Kier alpha value is -1.91. The summed E-state index contributed by atoms with van der Waals surface area (Å²) in [4.78, 5) is 13.6. The number of anilines is 1. The van der Waals surface area contributed by atoms with Gasteiger partial charge < -0.3 is 9.88 Å². The van der Waals surface area contributed by atoms with E-state index in [1.54, 1.807) is 6.20 Å². The van der Waals surface area contributed by atoms with E-state index in [0.717, 1.165) is 24.5 Å². The Morgan fingerprint density at radius 3 is 2.78 bits per heavy atom. The Morgan fingerprint density at radius 1 is 1.22 bits per heavy atom. The normalized spacial score (nSPS) is 14.3. The van der Waals surface area contributed by atoms with E-state index in [1.807, 2.05) is 24.9 Å². The lowest BCUT2D eigenvalue weighted by molar-refractivity contribution is 0.664. The number of nitrogens with one attached hydrogen (secondary N) is 1. The molecule has 0 amide bonds. The fraction of sp³-hybridized carbons (Fsp3) is 0.462. The largest absolute Gasteiger partial charge is 0.373 e. The number of hydrogen-bond acceptors (Lipinski definition) is 4. The molecule has 18 heavy (non-hydrogen) atoms. The third kappa shape index (κ3) is 1.75. The van der Waals surface area contributed by atoms with Gasteiger partial charge in [-0.1, -0.05) is 0 Å². The van der Waals surface area contributed by atoms with Crippen molar-refractivity contribution in [3.05, 3.63) is 23.7 Å². The summed E-state index contributed by atoms with van der Waals surface area (Å²) in [7, 11) is 3.88. The predicted octanol–water partition coefficient (Wildman–Crippen LogP) is 1.80. The zero-order valence-electron chi connectivity index (χ0n) is 10.8. The highest BCUT2D eigenvalue weighted by Gasteiger charge is 2.19. The lowest BCUT2D eigenvalue weighted by Gasteiger charge is -2.18. The first-order valence-corrected chi connectivity index (χ1v) is 6.35. The van der Waals surface area contributed by atoms with Crippen molar-refractivity contribution in [1.82, 2.24) is 19.5 Å². The van der Waals surface area contributed by atoms with Crippen molar-refractivity contribution in [2.24, 2.45) is 7.05 Å². The van der Waals surface area contributed by atoms with Crippen molar-refractivity contribution in [3.8, 4) is 11.6 Å². The summed E-state index contributed by atoms with van der Waals surface area (Å²) < 4.78 is 1.95. The summed E-state index contributed by atoms with van der Waals surface area (Å²) in [5, 5.41) is 3.19. The average Bonchev–Trinajstić information content (AvgIpc) is 2.83. The number of rotatable bonds is 2. The second kappa shape index (κ2) is 4.40. The molecule has 0 aromatic carbocycles. The molecule has 2 aromatic heterocycles. The monoisotopic (exact) mass is 243 g/mol. The maximum atomic E-state index is 4.69. The molecule has 0 bridgehead atoms. The van der Waals surface area contributed by atoms with Crippen LogP contribution in [0.1, 0.15) is 24.1 Å². The number of fused-ring (bicyclic) bond motifs is 1. The molecule has 0 spiro atoms. The van der Waals surface area contributed by atoms with Crippen LogP contribution in [-0.2, 0) is 19.9 Å². The minimum atomic E-state index is 0.715. The quantitative estimate of drug-likeness (QED) is 0.873. The standard InChI is InChI=1S/C13H17N5/c1-14-11-9-5-3-4-6-10(9)16-12(17-11)13-15-7-8-18(13)2/h7-8H,3-6H2,1-2H3,(H,14,16,17). The van der Waals surface area contributed by atoms with Crippen LogP contribution in [0.4, 0.5) is 5.82 Å². The van der Waals surface area contributed by atoms with Gasteiger partial charge in [0.1, 0.15) is 5.82 Å². The molecule has 1 aliphatic rings. The fourth-order valence-corrected chi connectivity index (χ4v) is 2.48. The summed E-state index contributed by atoms with van der Waals surface area (Å²) in [6, 6.07) is 0. The molecule has 0 unspecified atom stereocenters. The van der Waals surface area contributed by atoms with Gasteiger partial charge in [0.15, 0.2) is 11.6 Å². The summed E-state index contributed by atoms with van der Waals surface area (Å²) in [5.41, 5.74) is 2.46. The second-order valence-corrected chi connectivity index (χ2v) is 4.64. The predicted molar refractivity (Wildman–Crippen MR) is 70.4 cm³/mol. The van der Waals surface area contributed by atoms with Gasteiger partial charge in [-0.25, -0.2) is 15.0 Å². The lowest BCUT2D eigenvalue weighted by Crippen LogP contribution is -2.12. The lowest BCUT2D eigenvalue weighted by atomic mass is 9.96. The molecular weight excluding hydrogens is 226 g/mol. The molecule has 0 aliphatic heterocycles. The molecular formula is C13H17N5. The van der Waals surface area contributed by atoms with E-state index in [-0.39, 0.29) is 0 Å². The first-order valence-electron chi connectivity index (χ1n) is 6.35. The minimum Gasteiger partial charge on any atom is -0.373 e. The van der Waals surface area contributed by atoms with Crippen LogP contribution in [-0.4, -0.2) is 26.6 Å². The van der Waals surface area contributed by atoms with E-state index in [2.05, 4.69) is 15.3 Å². The van der Waals surface area contributed by atoms with Crippen molar-refractivity contribution in [1.29, 1.82) is 0 Å². The van der Waals surface area contributed by atoms with E-state index < -0.39 is 0 Å². The van der Waals surface area contributed by atoms with Gasteiger partial charge in [0.05, 0.1) is 0 Å². The summed E-state index contributed by atoms with van der Waals surface area (Å²) in [6.45, 7) is 0. The molecule has 5 heteroatoms. The van der Waals surface area contributed by atoms with Crippen molar-refractivity contribution < 1.29 is 0 Å². The van der Waals surface area contributed by atoms with Gasteiger partial charge in [0, 0.05) is 37.7 Å². The summed E-state index contributed by atoms with van der Waals surface area (Å²) in [5.74, 6) is 2.49. The van der Waals surface area contributed by atoms with Gasteiger partial charge >= 0.3 is 0 Å². The molecule has 2 aromatic rings. The van der Waals surface area contributed by atoms with Crippen LogP contribution >= 0.6 is 0 Å². The Morgan fingerprint density at radius 2 is 2.06 bits per heavy atom. The molecule has 1 N–H and O–H groups in total. The molecule has 94 valence electrons. The Labute approximate surface area is 106 Å². The molecule has 0 saturated carbocycles. The highest BCUT2D eigenvalue weighted by Crippen LogP contribution is 2.27. The van der Waals surface area contributed by atoms with Gasteiger partial charge in [0.25, 0.3) is 0 Å². The number of aryl methyl sites for hydroxylation is 2. The molecule has 0 radical (unpaired) electrons. The van der Waals surface area contributed by atoms with E-state index in [1.165, 1.54) is 24.1 Å². The van der Waals surface area contributed by atoms with Gasteiger partial charge in [-0.15, -0.1) is 0 Å². The second-order valence-electron chi connectivity index (χ2n) is 4.64. The van der Waals surface area contributed by atoms with Crippen LogP contribution in [0.2, 0.25) is 0 Å². The zero-order valence-corrected chi connectivity index (χ0v) is 10.8. The van der Waals surface area contributed by atoms with Gasteiger partial charge in [-0.05, 0) is 25.7 Å². The fourth-order valence-electron chi connectivity index (χ4n) is 2.48. The smallest absolute Gasteiger partial charge is 0.198 e. The maximum Gasteiger partial charge on any atom is 0.198 e. The highest BCUT2D eigenvalue weighted by atomic mass is 15.1. The first-order chi connectivity index (χ1) is 8.79. The van der Waals surface area contributed by atoms with Crippen LogP contribution in [0.15, 0.2) is 12.4 Å². The first kappa shape index (κ1) is 11.2. The topological polar surface area (TPSA) is 55.6 Å². The molecule has 1 aliphatic carbocycles. The van der Waals surface area contributed by atoms with Crippen LogP contribution in [0, 0.1) is 0 Å². The average molecular weight is 243 g/mol. The summed E-state index contributed by atoms with van der Waals surface area (Å²) >= 11 is 0. The van der Waals surface area contributed by atoms with E-state index in [9.17, 15) is 0 Å². The Balaban J connectivity index is 2.14. The van der Waals surface area contributed by atoms with Crippen molar-refractivity contribution in [2.45, 2.75) is 25.7 Å². The third-order valence-electron chi connectivity index (χ3n) is 3.44. The van der Waals surface area contributed by atoms with Crippen molar-refractivity contribution in [2.75, 3.05) is 12.4 Å². The molecule has 0 fully saturated rings. The number of imidazole rings is 1. The van der Waals surface area contributed by atoms with E-state index >= 15 is 0 Å². The van der Waals surface area contributed by atoms with E-state index in [0.29, 0.717) is 5.82 Å². The van der Waals surface area contributed by atoms with Crippen molar-refractivity contribution >= 4 is 5.82 Å². The van der Waals surface area contributed by atoms with Crippen LogP contribution in [0.5, 0.6) is 0 Å². The Bertz CT molecular complexity index is 556. The van der Waals surface area contributed by atoms with Gasteiger partial charge in [-0.3, -0.25) is 0 Å². The number of hydrogen-bond donors (Lipinski definition) is 1. The van der Waals surface area contributed by atoms with Crippen LogP contribution in [0.3, 0.4) is 0 Å². The number of aromatic nitrogens is 4. The molecule has 2 heterocycles.